The van der Waals surface area contributed by atoms with Crippen molar-refractivity contribution in [2.75, 3.05) is 19.6 Å². The molecule has 5 nitrogen and oxygen atoms in total. The molecule has 0 radical (unpaired) electrons. The molecular formula is C61H52B2N4O. The number of ether oxygens (including phenoxy) is 1. The summed E-state index contributed by atoms with van der Waals surface area (Å²) in [6.45, 7) is 6.99. The molecule has 0 spiro atoms. The van der Waals surface area contributed by atoms with Crippen molar-refractivity contribution in [1.82, 2.24) is 0 Å². The van der Waals surface area contributed by atoms with Gasteiger partial charge < -0.3 is 24.3 Å². The Morgan fingerprint density at radius 3 is 1.40 bits per heavy atom. The topological polar surface area (TPSA) is 22.2 Å². The maximum Gasteiger partial charge on any atom is 0.256 e. The van der Waals surface area contributed by atoms with E-state index in [1.165, 1.54) is 116 Å². The first kappa shape index (κ1) is 38.9. The van der Waals surface area contributed by atoms with E-state index in [4.69, 9.17) is 4.74 Å². The van der Waals surface area contributed by atoms with Crippen molar-refractivity contribution < 1.29 is 4.74 Å². The first-order valence-corrected chi connectivity index (χ1v) is 25.1. The molecule has 8 aliphatic rings. The van der Waals surface area contributed by atoms with Gasteiger partial charge in [-0.05, 0) is 154 Å². The highest BCUT2D eigenvalue weighted by molar-refractivity contribution is 7.02. The predicted molar refractivity (Wildman–Crippen MR) is 285 cm³/mol. The fraction of sp³-hybridized carbons (Fsp3) is 0.213. The van der Waals surface area contributed by atoms with Crippen LogP contribution in [0, 0.1) is 11.8 Å². The van der Waals surface area contributed by atoms with Gasteiger partial charge in [0, 0.05) is 81.1 Å². The number of nitrogens with zero attached hydrogens (tertiary/aromatic N) is 4. The van der Waals surface area contributed by atoms with Crippen LogP contribution in [-0.2, 0) is 5.41 Å². The average molecular weight is 879 g/mol. The summed E-state index contributed by atoms with van der Waals surface area (Å²) >= 11 is 0. The Kier molecular flexibility index (Phi) is 8.14. The molecule has 0 aromatic heterocycles. The van der Waals surface area contributed by atoms with Gasteiger partial charge in [-0.3, -0.25) is 0 Å². The third kappa shape index (κ3) is 5.53. The summed E-state index contributed by atoms with van der Waals surface area (Å²) in [5.74, 6) is 3.68. The largest absolute Gasteiger partial charge is 0.458 e. The van der Waals surface area contributed by atoms with E-state index in [1.54, 1.807) is 0 Å². The number of fused-ring (bicyclic) bond motifs is 8. The molecule has 16 rings (SSSR count). The van der Waals surface area contributed by atoms with Crippen molar-refractivity contribution in [3.8, 4) is 11.5 Å². The monoisotopic (exact) mass is 878 g/mol. The van der Waals surface area contributed by atoms with Crippen molar-refractivity contribution in [1.29, 1.82) is 0 Å². The normalized spacial score (nSPS) is 20.8. The number of rotatable bonds is 4. The van der Waals surface area contributed by atoms with Crippen LogP contribution in [0.25, 0.3) is 0 Å². The van der Waals surface area contributed by atoms with E-state index < -0.39 is 0 Å². The molecule has 4 fully saturated rings. The van der Waals surface area contributed by atoms with Gasteiger partial charge in [0.1, 0.15) is 11.5 Å². The van der Waals surface area contributed by atoms with Crippen LogP contribution in [0.2, 0.25) is 0 Å². The van der Waals surface area contributed by atoms with E-state index in [2.05, 4.69) is 216 Å². The summed E-state index contributed by atoms with van der Waals surface area (Å²) < 4.78 is 7.59. The van der Waals surface area contributed by atoms with Crippen molar-refractivity contribution in [2.24, 2.45) is 11.8 Å². The molecule has 0 unspecified atom stereocenters. The lowest BCUT2D eigenvalue weighted by molar-refractivity contribution is 0.0900. The van der Waals surface area contributed by atoms with Crippen molar-refractivity contribution >= 4 is 103 Å². The van der Waals surface area contributed by atoms with E-state index in [-0.39, 0.29) is 18.8 Å². The zero-order valence-electron chi connectivity index (χ0n) is 38.9. The van der Waals surface area contributed by atoms with Gasteiger partial charge in [0.2, 0.25) is 0 Å². The minimum atomic E-state index is -0.101. The van der Waals surface area contributed by atoms with Crippen LogP contribution >= 0.6 is 0 Å². The first-order chi connectivity index (χ1) is 33.3. The molecule has 0 N–H and O–H groups in total. The second-order valence-electron chi connectivity index (χ2n) is 21.7. The van der Waals surface area contributed by atoms with Crippen molar-refractivity contribution in [3.63, 3.8) is 0 Å². The molecule has 68 heavy (non-hydrogen) atoms. The second-order valence-corrected chi connectivity index (χ2v) is 21.7. The summed E-state index contributed by atoms with van der Waals surface area (Å²) in [5, 5.41) is 0. The number of anilines is 10. The molecule has 8 aromatic rings. The van der Waals surface area contributed by atoms with E-state index in [9.17, 15) is 0 Å². The second kappa shape index (κ2) is 14.2. The van der Waals surface area contributed by atoms with Crippen LogP contribution < -0.4 is 57.1 Å². The van der Waals surface area contributed by atoms with Gasteiger partial charge in [-0.2, -0.15) is 0 Å². The Morgan fingerprint density at radius 1 is 0.397 bits per heavy atom. The maximum absolute atomic E-state index is 7.59. The Bertz CT molecular complexity index is 3340. The molecule has 7 heteroatoms. The number of para-hydroxylation sites is 5. The van der Waals surface area contributed by atoms with Crippen LogP contribution in [0.4, 0.5) is 56.9 Å². The third-order valence-corrected chi connectivity index (χ3v) is 16.8. The molecule has 0 atom stereocenters. The Labute approximate surface area is 400 Å². The Hall–Kier alpha value is -7.11. The van der Waals surface area contributed by atoms with Gasteiger partial charge in [-0.1, -0.05) is 118 Å². The minimum absolute atomic E-state index is 0.0157. The van der Waals surface area contributed by atoms with E-state index >= 15 is 0 Å². The fourth-order valence-electron chi connectivity index (χ4n) is 14.2. The fourth-order valence-corrected chi connectivity index (χ4v) is 14.2. The molecule has 2 aliphatic carbocycles. The molecular weight excluding hydrogens is 826 g/mol. The first-order valence-electron chi connectivity index (χ1n) is 25.1. The molecule has 6 heterocycles. The molecule has 6 aliphatic heterocycles. The molecule has 0 amide bonds. The summed E-state index contributed by atoms with van der Waals surface area (Å²) in [7, 11) is 0. The van der Waals surface area contributed by atoms with Crippen LogP contribution in [0.15, 0.2) is 176 Å². The van der Waals surface area contributed by atoms with Crippen LogP contribution in [0.1, 0.15) is 58.4 Å². The third-order valence-electron chi connectivity index (χ3n) is 16.8. The van der Waals surface area contributed by atoms with Gasteiger partial charge in [0.25, 0.3) is 13.4 Å². The molecule has 8 aromatic carbocycles. The Morgan fingerprint density at radius 2 is 0.868 bits per heavy atom. The highest BCUT2D eigenvalue weighted by Gasteiger charge is 2.50. The molecule has 328 valence electrons. The lowest BCUT2D eigenvalue weighted by Crippen LogP contribution is -2.64. The van der Waals surface area contributed by atoms with Gasteiger partial charge in [-0.15, -0.1) is 0 Å². The highest BCUT2D eigenvalue weighted by atomic mass is 16.5. The minimum Gasteiger partial charge on any atom is -0.458 e. The highest BCUT2D eigenvalue weighted by Crippen LogP contribution is 2.53. The van der Waals surface area contributed by atoms with E-state index in [1.807, 2.05) is 0 Å². The van der Waals surface area contributed by atoms with E-state index in [0.717, 1.165) is 34.7 Å². The van der Waals surface area contributed by atoms with Crippen LogP contribution in [0.5, 0.6) is 11.5 Å². The molecule has 2 saturated heterocycles. The van der Waals surface area contributed by atoms with Crippen LogP contribution in [0.3, 0.4) is 0 Å². The number of hydrogen-bond acceptors (Lipinski definition) is 5. The number of hydrogen-bond donors (Lipinski definition) is 0. The van der Waals surface area contributed by atoms with Crippen LogP contribution in [-0.4, -0.2) is 25.5 Å². The predicted octanol–water partition coefficient (Wildman–Crippen LogP) is 11.2. The zero-order valence-corrected chi connectivity index (χ0v) is 38.9. The zero-order chi connectivity index (χ0) is 45.0. The summed E-state index contributed by atoms with van der Waals surface area (Å²) in [4.78, 5) is 10.4. The summed E-state index contributed by atoms with van der Waals surface area (Å²) in [6.07, 6.45) is 6.68. The van der Waals surface area contributed by atoms with E-state index in [0.29, 0.717) is 12.1 Å². The van der Waals surface area contributed by atoms with Gasteiger partial charge in [-0.25, -0.2) is 0 Å². The maximum atomic E-state index is 7.59. The SMILES string of the molecule is CC(C)(C)c1cc2c3c(c1)N(c1ccccc1)c1cc4c(cc1B3c1ccccc1N2c1ccccc1)B1c2ccccc2N(c2ccccc2)c2cc(N3C5CC6CC(C5)CC3C6)cc(c21)O4. The van der Waals surface area contributed by atoms with Gasteiger partial charge in [0.05, 0.1) is 0 Å². The quantitative estimate of drug-likeness (QED) is 0.164. The van der Waals surface area contributed by atoms with Gasteiger partial charge >= 0.3 is 0 Å². The number of benzene rings is 8. The summed E-state index contributed by atoms with van der Waals surface area (Å²) in [5.41, 5.74) is 21.1. The lowest BCUT2D eigenvalue weighted by atomic mass is 9.30. The standard InChI is InChI=1S/C61H52B2N4O/c1-61(2,3)40-32-54-59-55(33-40)67(43-21-11-6-12-22-43)53-37-57-50(36-49(53)62(59)47-23-13-15-25-51(47)65(54)41-17-7-4-8-18-41)63-48-24-14-16-26-52(48)66(42-19-9-5-10-20-42)56-34-46(35-58(68-57)60(56)63)64-44-28-38-27-39(30-44)31-45(64)29-38/h4-26,32-39,44-45H,27-31H2,1-3H3. The van der Waals surface area contributed by atoms with Gasteiger partial charge in [0.15, 0.2) is 0 Å². The Balaban J connectivity index is 1.00. The molecule has 2 saturated carbocycles. The lowest BCUT2D eigenvalue weighted by Gasteiger charge is -2.57. The number of piperidine rings is 2. The van der Waals surface area contributed by atoms with Crippen molar-refractivity contribution in [2.45, 2.75) is 70.4 Å². The van der Waals surface area contributed by atoms with Crippen molar-refractivity contribution in [3.05, 3.63) is 181 Å². The molecule has 4 bridgehead atoms. The average Bonchev–Trinajstić information content (AvgIpc) is 3.35. The summed E-state index contributed by atoms with van der Waals surface area (Å²) in [6, 6.07) is 67.5. The smallest absolute Gasteiger partial charge is 0.256 e.